The molecule has 1 aliphatic carbocycles. The van der Waals surface area contributed by atoms with Crippen molar-refractivity contribution in [2.24, 2.45) is 23.1 Å². The molecule has 1 fully saturated rings. The van der Waals surface area contributed by atoms with Crippen molar-refractivity contribution in [1.82, 2.24) is 5.32 Å². The Balaban J connectivity index is 2.51. The van der Waals surface area contributed by atoms with Crippen LogP contribution in [-0.4, -0.2) is 17.9 Å². The lowest BCUT2D eigenvalue weighted by Crippen LogP contribution is -2.66. The third-order valence-electron chi connectivity index (χ3n) is 3.40. The fraction of sp³-hybridized carbons (Fsp3) is 1.00. The number of rotatable bonds is 3. The summed E-state index contributed by atoms with van der Waals surface area (Å²) in [5.41, 5.74) is 17.8. The molecule has 0 aromatic rings. The second-order valence-electron chi connectivity index (χ2n) is 4.60. The smallest absolute Gasteiger partial charge is 0.118 e. The molecule has 0 heterocycles. The number of hydrogen-bond acceptors (Lipinski definition) is 4. The van der Waals surface area contributed by atoms with E-state index in [1.807, 2.05) is 6.92 Å². The Hall–Kier alpha value is -0.160. The fourth-order valence-corrected chi connectivity index (χ4v) is 2.05. The molecule has 14 heavy (non-hydrogen) atoms. The minimum Gasteiger partial charge on any atom is -0.327 e. The minimum absolute atomic E-state index is 0.286. The van der Waals surface area contributed by atoms with Crippen LogP contribution in [0.4, 0.5) is 0 Å². The lowest BCUT2D eigenvalue weighted by atomic mass is 9.82. The third-order valence-corrected chi connectivity index (χ3v) is 3.40. The first-order valence-corrected chi connectivity index (χ1v) is 5.57. The van der Waals surface area contributed by atoms with E-state index in [9.17, 15) is 0 Å². The highest BCUT2D eigenvalue weighted by molar-refractivity contribution is 4.89. The Labute approximate surface area is 86.6 Å². The molecular formula is C10H24N4. The van der Waals surface area contributed by atoms with Crippen LogP contribution in [0.5, 0.6) is 0 Å². The van der Waals surface area contributed by atoms with Gasteiger partial charge in [0.2, 0.25) is 0 Å². The van der Waals surface area contributed by atoms with E-state index in [1.165, 1.54) is 6.42 Å². The molecule has 3 unspecified atom stereocenters. The van der Waals surface area contributed by atoms with Gasteiger partial charge in [0.1, 0.15) is 5.79 Å². The highest BCUT2D eigenvalue weighted by atomic mass is 15.2. The van der Waals surface area contributed by atoms with Gasteiger partial charge in [-0.1, -0.05) is 20.3 Å². The van der Waals surface area contributed by atoms with Gasteiger partial charge in [-0.25, -0.2) is 0 Å². The van der Waals surface area contributed by atoms with Crippen molar-refractivity contribution in [2.45, 2.75) is 57.4 Å². The molecule has 1 rings (SSSR count). The van der Waals surface area contributed by atoms with Crippen LogP contribution in [0, 0.1) is 5.92 Å². The summed E-state index contributed by atoms with van der Waals surface area (Å²) >= 11 is 0. The van der Waals surface area contributed by atoms with E-state index >= 15 is 0 Å². The van der Waals surface area contributed by atoms with Crippen molar-refractivity contribution in [1.29, 1.82) is 0 Å². The molecule has 84 valence electrons. The summed E-state index contributed by atoms with van der Waals surface area (Å²) < 4.78 is 0. The maximum absolute atomic E-state index is 6.01. The molecule has 7 N–H and O–H groups in total. The monoisotopic (exact) mass is 200 g/mol. The summed E-state index contributed by atoms with van der Waals surface area (Å²) in [7, 11) is 0. The molecule has 3 atom stereocenters. The first-order valence-electron chi connectivity index (χ1n) is 5.57. The Bertz CT molecular complexity index is 181. The van der Waals surface area contributed by atoms with Crippen LogP contribution in [0.2, 0.25) is 0 Å². The highest BCUT2D eigenvalue weighted by Crippen LogP contribution is 2.23. The van der Waals surface area contributed by atoms with E-state index in [4.69, 9.17) is 17.2 Å². The van der Waals surface area contributed by atoms with Gasteiger partial charge in [0, 0.05) is 12.1 Å². The molecule has 1 aliphatic rings. The van der Waals surface area contributed by atoms with Crippen molar-refractivity contribution < 1.29 is 0 Å². The molecule has 0 radical (unpaired) electrons. The van der Waals surface area contributed by atoms with Crippen molar-refractivity contribution in [3.63, 3.8) is 0 Å². The Kier molecular flexibility index (Phi) is 3.89. The molecule has 4 heteroatoms. The summed E-state index contributed by atoms with van der Waals surface area (Å²) in [4.78, 5) is 0. The Morgan fingerprint density at radius 1 is 1.36 bits per heavy atom. The van der Waals surface area contributed by atoms with Gasteiger partial charge in [-0.2, -0.15) is 0 Å². The van der Waals surface area contributed by atoms with Crippen molar-refractivity contribution in [3.8, 4) is 0 Å². The van der Waals surface area contributed by atoms with E-state index in [1.54, 1.807) is 0 Å². The van der Waals surface area contributed by atoms with Gasteiger partial charge in [0.25, 0.3) is 0 Å². The Morgan fingerprint density at radius 2 is 2.00 bits per heavy atom. The molecule has 0 aliphatic heterocycles. The average Bonchev–Trinajstić information content (AvgIpc) is 2.13. The van der Waals surface area contributed by atoms with Crippen molar-refractivity contribution in [2.75, 3.05) is 0 Å². The SMILES string of the molecule is CCC(N)(N)NC1CCCC(N)C1C. The van der Waals surface area contributed by atoms with Gasteiger partial charge in [-0.15, -0.1) is 0 Å². The maximum atomic E-state index is 6.01. The highest BCUT2D eigenvalue weighted by Gasteiger charge is 2.31. The van der Waals surface area contributed by atoms with Gasteiger partial charge in [0.15, 0.2) is 0 Å². The normalized spacial score (nSPS) is 34.5. The van der Waals surface area contributed by atoms with Crippen molar-refractivity contribution >= 4 is 0 Å². The van der Waals surface area contributed by atoms with E-state index in [2.05, 4.69) is 12.2 Å². The van der Waals surface area contributed by atoms with Crippen molar-refractivity contribution in [3.05, 3.63) is 0 Å². The summed E-state index contributed by atoms with van der Waals surface area (Å²) in [5.74, 6) is -0.280. The predicted octanol–water partition coefficient (Wildman–Crippen LogP) is 0.0731. The third kappa shape index (κ3) is 2.92. The molecule has 0 amide bonds. The lowest BCUT2D eigenvalue weighted by molar-refractivity contribution is 0.185. The predicted molar refractivity (Wildman–Crippen MR) is 59.3 cm³/mol. The van der Waals surface area contributed by atoms with Gasteiger partial charge in [0.05, 0.1) is 0 Å². The second-order valence-corrected chi connectivity index (χ2v) is 4.60. The topological polar surface area (TPSA) is 90.1 Å². The number of hydrogen-bond donors (Lipinski definition) is 4. The van der Waals surface area contributed by atoms with Crippen LogP contribution >= 0.6 is 0 Å². The molecule has 1 saturated carbocycles. The second kappa shape index (κ2) is 4.57. The standard InChI is InChI=1S/C10H24N4/c1-3-10(12,13)14-9-6-4-5-8(11)7(9)2/h7-9,14H,3-6,11-13H2,1-2H3. The molecule has 0 bridgehead atoms. The summed E-state index contributed by atoms with van der Waals surface area (Å²) in [6.07, 6.45) is 4.15. The number of nitrogens with two attached hydrogens (primary N) is 3. The van der Waals surface area contributed by atoms with Crippen LogP contribution < -0.4 is 22.5 Å². The zero-order chi connectivity index (χ0) is 10.8. The molecule has 0 aromatic carbocycles. The zero-order valence-electron chi connectivity index (χ0n) is 9.29. The van der Waals surface area contributed by atoms with Crippen LogP contribution in [0.15, 0.2) is 0 Å². The molecule has 0 aromatic heterocycles. The van der Waals surface area contributed by atoms with Crippen LogP contribution in [0.1, 0.15) is 39.5 Å². The summed E-state index contributed by atoms with van der Waals surface area (Å²) in [6.45, 7) is 4.16. The molecule has 4 nitrogen and oxygen atoms in total. The number of nitrogens with one attached hydrogen (secondary N) is 1. The van der Waals surface area contributed by atoms with Crippen LogP contribution in [-0.2, 0) is 0 Å². The largest absolute Gasteiger partial charge is 0.327 e. The quantitative estimate of drug-likeness (QED) is 0.485. The summed E-state index contributed by atoms with van der Waals surface area (Å²) in [6, 6.07) is 0.655. The van der Waals surface area contributed by atoms with Gasteiger partial charge in [-0.05, 0) is 25.2 Å². The average molecular weight is 200 g/mol. The molecular weight excluding hydrogens is 176 g/mol. The Morgan fingerprint density at radius 3 is 2.57 bits per heavy atom. The first-order chi connectivity index (χ1) is 6.46. The first kappa shape index (κ1) is 11.9. The van der Waals surface area contributed by atoms with Gasteiger partial charge >= 0.3 is 0 Å². The fourth-order valence-electron chi connectivity index (χ4n) is 2.05. The maximum Gasteiger partial charge on any atom is 0.118 e. The lowest BCUT2D eigenvalue weighted by Gasteiger charge is -2.39. The van der Waals surface area contributed by atoms with Gasteiger partial charge in [-0.3, -0.25) is 5.32 Å². The van der Waals surface area contributed by atoms with Gasteiger partial charge < -0.3 is 17.2 Å². The minimum atomic E-state index is -0.740. The van der Waals surface area contributed by atoms with E-state index in [0.29, 0.717) is 12.0 Å². The van der Waals surface area contributed by atoms with E-state index < -0.39 is 5.79 Å². The van der Waals surface area contributed by atoms with Crippen LogP contribution in [0.3, 0.4) is 0 Å². The zero-order valence-corrected chi connectivity index (χ0v) is 9.29. The molecule has 0 saturated heterocycles. The summed E-state index contributed by atoms with van der Waals surface area (Å²) in [5, 5.41) is 3.30. The molecule has 0 spiro atoms. The van der Waals surface area contributed by atoms with E-state index in [0.717, 1.165) is 19.3 Å². The van der Waals surface area contributed by atoms with Crippen LogP contribution in [0.25, 0.3) is 0 Å². The van der Waals surface area contributed by atoms with E-state index in [-0.39, 0.29) is 6.04 Å².